The molecule has 0 radical (unpaired) electrons. The molecule has 3 unspecified atom stereocenters. The fourth-order valence-electron chi connectivity index (χ4n) is 4.66. The van der Waals surface area contributed by atoms with E-state index in [1.54, 1.807) is 0 Å². The maximum Gasteiger partial charge on any atom is 0.224 e. The summed E-state index contributed by atoms with van der Waals surface area (Å²) in [7, 11) is 0. The molecule has 0 aliphatic heterocycles. The van der Waals surface area contributed by atoms with Crippen molar-refractivity contribution >= 4 is 24.1 Å². The van der Waals surface area contributed by atoms with Crippen molar-refractivity contribution < 1.29 is 4.79 Å². The van der Waals surface area contributed by atoms with Crippen LogP contribution in [0.1, 0.15) is 113 Å². The summed E-state index contributed by atoms with van der Waals surface area (Å²) in [6, 6.07) is 27.2. The molecule has 0 aliphatic carbocycles. The molecule has 3 atom stereocenters. The molecule has 246 valence electrons. The Labute approximate surface area is 279 Å². The summed E-state index contributed by atoms with van der Waals surface area (Å²) >= 11 is 0. The number of nitriles is 1. The quantitative estimate of drug-likeness (QED) is 0.144. The number of nitrogens with zero attached hydrogens (tertiary/aromatic N) is 1. The van der Waals surface area contributed by atoms with Crippen LogP contribution in [0.3, 0.4) is 0 Å². The first-order chi connectivity index (χ1) is 20.6. The molecular weight excluding hydrogens is 576 g/mol. The first-order valence-electron chi connectivity index (χ1n) is 15.9. The van der Waals surface area contributed by atoms with Gasteiger partial charge in [-0.2, -0.15) is 5.26 Å². The van der Waals surface area contributed by atoms with Crippen LogP contribution in [0, 0.1) is 34.5 Å². The van der Waals surface area contributed by atoms with Crippen LogP contribution in [0.25, 0.3) is 0 Å². The van der Waals surface area contributed by atoms with E-state index in [2.05, 4.69) is 108 Å². The number of nitrogens with two attached hydrogens (primary N) is 2. The molecule has 0 aliphatic rings. The van der Waals surface area contributed by atoms with Gasteiger partial charge in [0.2, 0.25) is 5.91 Å². The Balaban J connectivity index is 0.000000639. The van der Waals surface area contributed by atoms with Crippen molar-refractivity contribution in [2.45, 2.75) is 99.3 Å². The molecule has 45 heavy (non-hydrogen) atoms. The predicted molar refractivity (Wildman–Crippen MR) is 194 cm³/mol. The largest absolute Gasteiger partial charge is 0.387 e. The molecule has 0 saturated carbocycles. The number of nitrogens with one attached hydrogen (secondary N) is 1. The van der Waals surface area contributed by atoms with Gasteiger partial charge in [0, 0.05) is 5.92 Å². The van der Waals surface area contributed by atoms with E-state index in [9.17, 15) is 4.79 Å². The zero-order valence-electron chi connectivity index (χ0n) is 28.9. The second-order valence-corrected chi connectivity index (χ2v) is 13.2. The molecule has 6 heteroatoms. The fraction of sp³-hybridized carbons (Fsp3) is 0.462. The van der Waals surface area contributed by atoms with Crippen molar-refractivity contribution in [1.29, 1.82) is 10.7 Å². The van der Waals surface area contributed by atoms with Crippen molar-refractivity contribution in [3.05, 3.63) is 106 Å². The molecule has 0 saturated heterocycles. The lowest BCUT2D eigenvalue weighted by atomic mass is 9.96. The highest BCUT2D eigenvalue weighted by atomic mass is 35.5. The zero-order valence-corrected chi connectivity index (χ0v) is 29.7. The average Bonchev–Trinajstić information content (AvgIpc) is 2.97. The van der Waals surface area contributed by atoms with Crippen LogP contribution in [-0.2, 0) is 24.1 Å². The Morgan fingerprint density at radius 2 is 0.889 bits per heavy atom. The molecule has 0 fully saturated rings. The monoisotopic (exact) mass is 632 g/mol. The zero-order chi connectivity index (χ0) is 33.4. The van der Waals surface area contributed by atoms with Gasteiger partial charge in [-0.25, -0.2) is 0 Å². The van der Waals surface area contributed by atoms with E-state index in [1.807, 2.05) is 32.9 Å². The minimum atomic E-state index is -0.272. The lowest BCUT2D eigenvalue weighted by Crippen LogP contribution is -2.18. The van der Waals surface area contributed by atoms with Crippen LogP contribution in [0.5, 0.6) is 0 Å². The normalized spacial score (nSPS) is 12.4. The smallest absolute Gasteiger partial charge is 0.224 e. The standard InChI is InChI=1S/C13H20N2.C13H19NO.C13H17N.ClH/c2*1-9(2)8-11-4-6-12(7-5-11)10(3)13(14)15;1-10(2)8-12-4-6-13(7-5-12)11(3)9-14;/h4-7,9-10H,8H2,1-3H3,(H3,14,15);4-7,9-10H,8H2,1-3H3,(H2,14,15);4-7,10-11H,8H2,1-3H3;1H. The number of benzene rings is 3. The molecule has 0 heterocycles. The lowest BCUT2D eigenvalue weighted by molar-refractivity contribution is -0.119. The van der Waals surface area contributed by atoms with Gasteiger partial charge in [-0.15, -0.1) is 12.4 Å². The highest BCUT2D eigenvalue weighted by molar-refractivity contribution is 5.85. The SMILES string of the molecule is CC(C)Cc1ccc(C(C)C#N)cc1.CC(C)Cc1ccc(C(C)C(=N)N)cc1.CC(C)Cc1ccc(C(C)C(N)=O)cc1.Cl. The van der Waals surface area contributed by atoms with Crippen LogP contribution >= 0.6 is 12.4 Å². The first-order valence-corrected chi connectivity index (χ1v) is 15.9. The van der Waals surface area contributed by atoms with Gasteiger partial charge in [-0.3, -0.25) is 10.2 Å². The van der Waals surface area contributed by atoms with E-state index in [4.69, 9.17) is 22.1 Å². The third-order valence-corrected chi connectivity index (χ3v) is 7.46. The van der Waals surface area contributed by atoms with Crippen LogP contribution in [0.2, 0.25) is 0 Å². The van der Waals surface area contributed by atoms with E-state index in [0.717, 1.165) is 36.0 Å². The van der Waals surface area contributed by atoms with Gasteiger partial charge in [0.15, 0.2) is 0 Å². The summed E-state index contributed by atoms with van der Waals surface area (Å²) in [4.78, 5) is 11.0. The Bertz CT molecular complexity index is 1240. The van der Waals surface area contributed by atoms with Crippen molar-refractivity contribution in [3.8, 4) is 6.07 Å². The molecule has 3 rings (SSSR count). The van der Waals surface area contributed by atoms with E-state index in [0.29, 0.717) is 17.8 Å². The lowest BCUT2D eigenvalue weighted by Gasteiger charge is -2.11. The van der Waals surface area contributed by atoms with Gasteiger partial charge in [-0.1, -0.05) is 121 Å². The first kappa shape index (κ1) is 41.4. The number of amides is 1. The maximum atomic E-state index is 11.0. The topological polar surface area (TPSA) is 117 Å². The van der Waals surface area contributed by atoms with Gasteiger partial charge in [-0.05, 0) is 84.2 Å². The number of halogens is 1. The van der Waals surface area contributed by atoms with Gasteiger partial charge in [0.05, 0.1) is 23.7 Å². The molecule has 1 amide bonds. The van der Waals surface area contributed by atoms with Crippen molar-refractivity contribution in [1.82, 2.24) is 0 Å². The number of hydrogen-bond donors (Lipinski definition) is 3. The molecule has 3 aromatic carbocycles. The minimum Gasteiger partial charge on any atom is -0.387 e. The van der Waals surface area contributed by atoms with Crippen molar-refractivity contribution in [2.75, 3.05) is 0 Å². The Morgan fingerprint density at radius 1 is 0.600 bits per heavy atom. The molecule has 0 bridgehead atoms. The summed E-state index contributed by atoms with van der Waals surface area (Å²) in [5, 5.41) is 16.1. The van der Waals surface area contributed by atoms with Crippen LogP contribution in [0.4, 0.5) is 0 Å². The number of primary amides is 1. The second-order valence-electron chi connectivity index (χ2n) is 13.2. The van der Waals surface area contributed by atoms with Gasteiger partial charge in [0.25, 0.3) is 0 Å². The Kier molecular flexibility index (Phi) is 19.5. The molecule has 0 spiro atoms. The average molecular weight is 633 g/mol. The minimum absolute atomic E-state index is 0. The predicted octanol–water partition coefficient (Wildman–Crippen LogP) is 9.33. The maximum absolute atomic E-state index is 11.0. The van der Waals surface area contributed by atoms with Crippen LogP contribution in [-0.4, -0.2) is 11.7 Å². The summed E-state index contributed by atoms with van der Waals surface area (Å²) in [5.41, 5.74) is 18.0. The summed E-state index contributed by atoms with van der Waals surface area (Å²) in [5.74, 6) is 1.82. The summed E-state index contributed by atoms with van der Waals surface area (Å²) in [6.45, 7) is 19.0. The number of hydrogen-bond acceptors (Lipinski definition) is 3. The highest BCUT2D eigenvalue weighted by Gasteiger charge is 2.11. The molecule has 0 aromatic heterocycles. The molecule has 5 nitrogen and oxygen atoms in total. The van der Waals surface area contributed by atoms with Crippen LogP contribution < -0.4 is 11.5 Å². The Morgan fingerprint density at radius 3 is 1.13 bits per heavy atom. The van der Waals surface area contributed by atoms with Crippen molar-refractivity contribution in [3.63, 3.8) is 0 Å². The third-order valence-electron chi connectivity index (χ3n) is 7.46. The number of carbonyl (C=O) groups is 1. The highest BCUT2D eigenvalue weighted by Crippen LogP contribution is 2.19. The van der Waals surface area contributed by atoms with Gasteiger partial charge in [0.1, 0.15) is 0 Å². The van der Waals surface area contributed by atoms with E-state index >= 15 is 0 Å². The summed E-state index contributed by atoms with van der Waals surface area (Å²) < 4.78 is 0. The Hall–Kier alpha value is -3.62. The van der Waals surface area contributed by atoms with Crippen molar-refractivity contribution in [2.24, 2.45) is 29.2 Å². The van der Waals surface area contributed by atoms with Gasteiger partial charge < -0.3 is 11.5 Å². The van der Waals surface area contributed by atoms with E-state index < -0.39 is 0 Å². The number of rotatable bonds is 11. The molecule has 3 aromatic rings. The number of carbonyl (C=O) groups excluding carboxylic acids is 1. The van der Waals surface area contributed by atoms with Crippen LogP contribution in [0.15, 0.2) is 72.8 Å². The van der Waals surface area contributed by atoms with E-state index in [-0.39, 0.29) is 41.9 Å². The van der Waals surface area contributed by atoms with Gasteiger partial charge >= 0.3 is 0 Å². The fourth-order valence-corrected chi connectivity index (χ4v) is 4.66. The third kappa shape index (κ3) is 16.3. The number of amidine groups is 1. The molecular formula is C39H57ClN4O. The molecule has 5 N–H and O–H groups in total. The van der Waals surface area contributed by atoms with E-state index in [1.165, 1.54) is 16.7 Å². The second kappa shape index (κ2) is 21.2. The summed E-state index contributed by atoms with van der Waals surface area (Å²) in [6.07, 6.45) is 3.29.